The van der Waals surface area contributed by atoms with Crippen molar-refractivity contribution in [2.75, 3.05) is 0 Å². The number of rotatable bonds is 2. The summed E-state index contributed by atoms with van der Waals surface area (Å²) in [6.45, 7) is 0. The number of nitrogens with two attached hydrogens (primary N) is 1. The fourth-order valence-electron chi connectivity index (χ4n) is 2.63. The second-order valence-electron chi connectivity index (χ2n) is 5.46. The highest BCUT2D eigenvalue weighted by molar-refractivity contribution is 7.92. The molecule has 0 bridgehead atoms. The van der Waals surface area contributed by atoms with Crippen LogP contribution in [0.2, 0.25) is 0 Å². The van der Waals surface area contributed by atoms with E-state index in [1.807, 2.05) is 0 Å². The van der Waals surface area contributed by atoms with E-state index in [1.54, 1.807) is 0 Å². The van der Waals surface area contributed by atoms with Crippen LogP contribution < -0.4 is 5.73 Å². The molecule has 1 saturated carbocycles. The normalized spacial score (nSPS) is 24.6. The second-order valence-corrected chi connectivity index (χ2v) is 7.69. The molecule has 0 heterocycles. The molecule has 1 aliphatic carbocycles. The smallest absolute Gasteiger partial charge is 0.328 e. The molecule has 3 nitrogen and oxygen atoms in total. The highest BCUT2D eigenvalue weighted by Gasteiger charge is 2.33. The van der Waals surface area contributed by atoms with Crippen LogP contribution in [0.3, 0.4) is 0 Å². The van der Waals surface area contributed by atoms with Crippen LogP contribution in [-0.2, 0) is 16.0 Å². The molecule has 2 rings (SSSR count). The largest absolute Gasteiger partial charge is 0.416 e. The van der Waals surface area contributed by atoms with Gasteiger partial charge in [-0.15, -0.1) is 0 Å². The first-order chi connectivity index (χ1) is 9.71. The SMILES string of the molecule is NC1CCCC(S(=O)(=O)c2ccc(C(F)(F)F)cc2)CC1. The standard InChI is InChI=1S/C14H18F3NO2S/c15-14(16,17)10-4-7-13(8-5-10)21(19,20)12-3-1-2-11(18)6-9-12/h4-5,7-8,11-12H,1-3,6,9,18H2. The summed E-state index contributed by atoms with van der Waals surface area (Å²) in [5, 5.41) is -0.553. The summed E-state index contributed by atoms with van der Waals surface area (Å²) >= 11 is 0. The van der Waals surface area contributed by atoms with E-state index in [1.165, 1.54) is 0 Å². The van der Waals surface area contributed by atoms with Crippen molar-refractivity contribution in [2.45, 2.75) is 54.5 Å². The number of alkyl halides is 3. The van der Waals surface area contributed by atoms with Crippen molar-refractivity contribution in [2.24, 2.45) is 5.73 Å². The molecule has 21 heavy (non-hydrogen) atoms. The van der Waals surface area contributed by atoms with E-state index in [2.05, 4.69) is 0 Å². The van der Waals surface area contributed by atoms with Crippen molar-refractivity contribution in [3.8, 4) is 0 Å². The molecule has 0 spiro atoms. The van der Waals surface area contributed by atoms with Gasteiger partial charge in [0.15, 0.2) is 9.84 Å². The summed E-state index contributed by atoms with van der Waals surface area (Å²) in [5.74, 6) is 0. The Kier molecular flexibility index (Phi) is 4.63. The minimum absolute atomic E-state index is 0.0119. The zero-order chi connectivity index (χ0) is 15.7. The van der Waals surface area contributed by atoms with E-state index >= 15 is 0 Å². The van der Waals surface area contributed by atoms with Gasteiger partial charge in [-0.1, -0.05) is 6.42 Å². The minimum atomic E-state index is -4.46. The van der Waals surface area contributed by atoms with Crippen LogP contribution in [0.5, 0.6) is 0 Å². The maximum atomic E-state index is 12.5. The number of hydrogen-bond donors (Lipinski definition) is 1. The molecule has 0 aliphatic heterocycles. The van der Waals surface area contributed by atoms with Gasteiger partial charge in [-0.25, -0.2) is 8.42 Å². The van der Waals surface area contributed by atoms with Gasteiger partial charge >= 0.3 is 6.18 Å². The Hall–Kier alpha value is -1.08. The van der Waals surface area contributed by atoms with Crippen LogP contribution in [0.1, 0.15) is 37.7 Å². The first-order valence-corrected chi connectivity index (χ1v) is 8.42. The average molecular weight is 321 g/mol. The predicted octanol–water partition coefficient (Wildman–Crippen LogP) is 3.14. The highest BCUT2D eigenvalue weighted by Crippen LogP contribution is 2.32. The van der Waals surface area contributed by atoms with E-state index in [4.69, 9.17) is 5.73 Å². The molecule has 1 aromatic carbocycles. The van der Waals surface area contributed by atoms with Gasteiger partial charge in [-0.05, 0) is 49.9 Å². The van der Waals surface area contributed by atoms with Gasteiger partial charge in [0.05, 0.1) is 15.7 Å². The van der Waals surface area contributed by atoms with E-state index in [-0.39, 0.29) is 10.9 Å². The lowest BCUT2D eigenvalue weighted by atomic mass is 10.1. The molecule has 2 unspecified atom stereocenters. The summed E-state index contributed by atoms with van der Waals surface area (Å²) in [5.41, 5.74) is 4.98. The molecular weight excluding hydrogens is 303 g/mol. The van der Waals surface area contributed by atoms with E-state index < -0.39 is 26.8 Å². The summed E-state index contributed by atoms with van der Waals surface area (Å²) in [7, 11) is -3.59. The fourth-order valence-corrected chi connectivity index (χ4v) is 4.46. The molecule has 2 N–H and O–H groups in total. The van der Waals surface area contributed by atoms with Crippen molar-refractivity contribution in [1.29, 1.82) is 0 Å². The second kappa shape index (κ2) is 5.96. The topological polar surface area (TPSA) is 60.2 Å². The molecule has 0 radical (unpaired) electrons. The van der Waals surface area contributed by atoms with Crippen molar-refractivity contribution in [3.05, 3.63) is 29.8 Å². The van der Waals surface area contributed by atoms with Crippen LogP contribution in [0.15, 0.2) is 29.2 Å². The Bertz CT molecular complexity index is 581. The quantitative estimate of drug-likeness (QED) is 0.851. The predicted molar refractivity (Wildman–Crippen MR) is 73.5 cm³/mol. The highest BCUT2D eigenvalue weighted by atomic mass is 32.2. The maximum Gasteiger partial charge on any atom is 0.416 e. The van der Waals surface area contributed by atoms with Gasteiger partial charge in [0.25, 0.3) is 0 Å². The Balaban J connectivity index is 2.23. The molecule has 0 amide bonds. The third-order valence-electron chi connectivity index (χ3n) is 3.91. The van der Waals surface area contributed by atoms with Crippen molar-refractivity contribution >= 4 is 9.84 Å². The maximum absolute atomic E-state index is 12.5. The first-order valence-electron chi connectivity index (χ1n) is 6.88. The number of benzene rings is 1. The van der Waals surface area contributed by atoms with Gasteiger partial charge in [-0.2, -0.15) is 13.2 Å². The molecular formula is C14H18F3NO2S. The van der Waals surface area contributed by atoms with Crippen LogP contribution >= 0.6 is 0 Å². The van der Waals surface area contributed by atoms with Crippen LogP contribution in [-0.4, -0.2) is 19.7 Å². The third-order valence-corrected chi connectivity index (χ3v) is 6.19. The lowest BCUT2D eigenvalue weighted by Gasteiger charge is -2.16. The average Bonchev–Trinajstić information content (AvgIpc) is 2.63. The van der Waals surface area contributed by atoms with Gasteiger partial charge in [0.2, 0.25) is 0 Å². The summed E-state index contributed by atoms with van der Waals surface area (Å²) < 4.78 is 62.5. The Labute approximate surface area is 122 Å². The molecule has 1 aliphatic rings. The molecule has 118 valence electrons. The third kappa shape index (κ3) is 3.77. The first kappa shape index (κ1) is 16.3. The van der Waals surface area contributed by atoms with Crippen LogP contribution in [0.25, 0.3) is 0 Å². The molecule has 0 aromatic heterocycles. The minimum Gasteiger partial charge on any atom is -0.328 e. The molecule has 0 saturated heterocycles. The summed E-state index contributed by atoms with van der Waals surface area (Å²) in [4.78, 5) is -0.0454. The zero-order valence-electron chi connectivity index (χ0n) is 11.4. The number of halogens is 3. The van der Waals surface area contributed by atoms with Crippen molar-refractivity contribution < 1.29 is 21.6 Å². The zero-order valence-corrected chi connectivity index (χ0v) is 12.3. The molecule has 2 atom stereocenters. The fraction of sp³-hybridized carbons (Fsp3) is 0.571. The summed E-state index contributed by atoms with van der Waals surface area (Å²) in [6, 6.07) is 3.73. The summed E-state index contributed by atoms with van der Waals surface area (Å²) in [6.07, 6.45) is -1.34. The van der Waals surface area contributed by atoms with Crippen LogP contribution in [0.4, 0.5) is 13.2 Å². The lowest BCUT2D eigenvalue weighted by Crippen LogP contribution is -2.22. The Morgan fingerprint density at radius 1 is 1.00 bits per heavy atom. The van der Waals surface area contributed by atoms with E-state index in [0.29, 0.717) is 19.3 Å². The van der Waals surface area contributed by atoms with E-state index in [9.17, 15) is 21.6 Å². The Morgan fingerprint density at radius 2 is 1.62 bits per heavy atom. The lowest BCUT2D eigenvalue weighted by molar-refractivity contribution is -0.137. The van der Waals surface area contributed by atoms with Crippen LogP contribution in [0, 0.1) is 0 Å². The van der Waals surface area contributed by atoms with E-state index in [0.717, 1.165) is 37.1 Å². The van der Waals surface area contributed by atoms with Crippen molar-refractivity contribution in [1.82, 2.24) is 0 Å². The Morgan fingerprint density at radius 3 is 2.19 bits per heavy atom. The molecule has 1 fully saturated rings. The van der Waals surface area contributed by atoms with Gasteiger partial charge in [0, 0.05) is 6.04 Å². The van der Waals surface area contributed by atoms with Gasteiger partial charge in [-0.3, -0.25) is 0 Å². The molecule has 7 heteroatoms. The van der Waals surface area contributed by atoms with Crippen molar-refractivity contribution in [3.63, 3.8) is 0 Å². The molecule has 1 aromatic rings. The monoisotopic (exact) mass is 321 g/mol. The van der Waals surface area contributed by atoms with Gasteiger partial charge in [0.1, 0.15) is 0 Å². The van der Waals surface area contributed by atoms with Gasteiger partial charge < -0.3 is 5.73 Å². The number of hydrogen-bond acceptors (Lipinski definition) is 3. The number of sulfone groups is 1.